The van der Waals surface area contributed by atoms with Crippen LogP contribution >= 0.6 is 0 Å². The van der Waals surface area contributed by atoms with E-state index in [1.807, 2.05) is 18.7 Å². The van der Waals surface area contributed by atoms with Crippen molar-refractivity contribution in [2.24, 2.45) is 0 Å². The number of rotatable bonds is 7. The van der Waals surface area contributed by atoms with Crippen LogP contribution in [0.5, 0.6) is 0 Å². The maximum atomic E-state index is 12.6. The van der Waals surface area contributed by atoms with Crippen LogP contribution < -0.4 is 5.32 Å². The Kier molecular flexibility index (Phi) is 7.49. The van der Waals surface area contributed by atoms with Gasteiger partial charge in [0.1, 0.15) is 5.76 Å². The first kappa shape index (κ1) is 23.0. The van der Waals surface area contributed by atoms with Crippen LogP contribution in [0.2, 0.25) is 0 Å². The van der Waals surface area contributed by atoms with Gasteiger partial charge in [0.2, 0.25) is 11.8 Å². The molecule has 1 saturated heterocycles. The summed E-state index contributed by atoms with van der Waals surface area (Å²) in [5.74, 6) is 0.831. The Morgan fingerprint density at radius 3 is 2.23 bits per heavy atom. The molecule has 31 heavy (non-hydrogen) atoms. The third-order valence-corrected chi connectivity index (χ3v) is 6.14. The minimum Gasteiger partial charge on any atom is -0.361 e. The van der Waals surface area contributed by atoms with Crippen molar-refractivity contribution in [1.82, 2.24) is 20.3 Å². The number of aryl methyl sites for hydroxylation is 5. The number of hydrogen-bond acceptors (Lipinski definition) is 5. The maximum absolute atomic E-state index is 12.6. The van der Waals surface area contributed by atoms with Crippen LogP contribution in [0.3, 0.4) is 0 Å². The topological polar surface area (TPSA) is 78.7 Å². The lowest BCUT2D eigenvalue weighted by molar-refractivity contribution is -0.132. The summed E-state index contributed by atoms with van der Waals surface area (Å²) in [4.78, 5) is 29.0. The van der Waals surface area contributed by atoms with Crippen molar-refractivity contribution in [3.63, 3.8) is 0 Å². The molecule has 0 aliphatic carbocycles. The number of benzene rings is 1. The van der Waals surface area contributed by atoms with E-state index in [-0.39, 0.29) is 11.8 Å². The van der Waals surface area contributed by atoms with Gasteiger partial charge in [0.15, 0.2) is 0 Å². The van der Waals surface area contributed by atoms with Gasteiger partial charge in [0.25, 0.3) is 0 Å². The van der Waals surface area contributed by atoms with Crippen molar-refractivity contribution in [2.45, 2.75) is 47.5 Å². The van der Waals surface area contributed by atoms with Gasteiger partial charge in [-0.3, -0.25) is 14.5 Å². The Balaban J connectivity index is 1.39. The van der Waals surface area contributed by atoms with E-state index in [4.69, 9.17) is 4.52 Å². The molecule has 2 aromatic rings. The average molecular weight is 427 g/mol. The lowest BCUT2D eigenvalue weighted by Gasteiger charge is -2.34. The minimum absolute atomic E-state index is 0.0397. The van der Waals surface area contributed by atoms with Crippen LogP contribution in [-0.2, 0) is 22.4 Å². The quantitative estimate of drug-likeness (QED) is 0.735. The summed E-state index contributed by atoms with van der Waals surface area (Å²) in [7, 11) is 0. The molecule has 0 bridgehead atoms. The van der Waals surface area contributed by atoms with Gasteiger partial charge in [0, 0.05) is 38.3 Å². The first-order chi connectivity index (χ1) is 14.7. The van der Waals surface area contributed by atoms with Crippen LogP contribution in [0.25, 0.3) is 0 Å². The summed E-state index contributed by atoms with van der Waals surface area (Å²) in [5.41, 5.74) is 6.81. The summed E-state index contributed by atoms with van der Waals surface area (Å²) >= 11 is 0. The molecule has 0 unspecified atom stereocenters. The highest BCUT2D eigenvalue weighted by Crippen LogP contribution is 2.17. The monoisotopic (exact) mass is 426 g/mol. The number of aromatic nitrogens is 1. The average Bonchev–Trinajstić information content (AvgIpc) is 3.02. The summed E-state index contributed by atoms with van der Waals surface area (Å²) < 4.78 is 5.15. The van der Waals surface area contributed by atoms with Crippen molar-refractivity contribution >= 4 is 11.8 Å². The van der Waals surface area contributed by atoms with E-state index in [0.717, 1.165) is 17.7 Å². The highest BCUT2D eigenvalue weighted by Gasteiger charge is 2.24. The normalized spacial score (nSPS) is 14.7. The molecule has 0 spiro atoms. The SMILES string of the molecule is Cc1cc(C)c(CCNC(=O)CN2CCN(C(=O)Cc3c(C)noc3C)CC2)c(C)c1. The fourth-order valence-corrected chi connectivity index (χ4v) is 4.36. The zero-order valence-electron chi connectivity index (χ0n) is 19.4. The van der Waals surface area contributed by atoms with Crippen LogP contribution in [-0.4, -0.2) is 66.0 Å². The molecular weight excluding hydrogens is 392 g/mol. The Labute approximate surface area is 184 Å². The summed E-state index contributed by atoms with van der Waals surface area (Å²) in [6, 6.07) is 4.38. The molecule has 7 nitrogen and oxygen atoms in total. The zero-order valence-corrected chi connectivity index (χ0v) is 19.4. The van der Waals surface area contributed by atoms with Gasteiger partial charge >= 0.3 is 0 Å². The molecule has 168 valence electrons. The summed E-state index contributed by atoms with van der Waals surface area (Å²) in [6.45, 7) is 13.8. The van der Waals surface area contributed by atoms with E-state index in [0.29, 0.717) is 51.4 Å². The van der Waals surface area contributed by atoms with Gasteiger partial charge in [-0.15, -0.1) is 0 Å². The second kappa shape index (κ2) is 10.1. The molecule has 0 radical (unpaired) electrons. The van der Waals surface area contributed by atoms with E-state index < -0.39 is 0 Å². The third-order valence-electron chi connectivity index (χ3n) is 6.14. The van der Waals surface area contributed by atoms with Crippen molar-refractivity contribution in [3.05, 3.63) is 51.4 Å². The highest BCUT2D eigenvalue weighted by atomic mass is 16.5. The molecule has 1 N–H and O–H groups in total. The standard InChI is InChI=1S/C24H34N4O3/c1-16-12-17(2)21(18(3)13-16)6-7-25-23(29)15-27-8-10-28(11-9-27)24(30)14-22-19(4)26-31-20(22)5/h12-13H,6-11,14-15H2,1-5H3,(H,25,29). The van der Waals surface area contributed by atoms with Crippen molar-refractivity contribution in [2.75, 3.05) is 39.3 Å². The third kappa shape index (κ3) is 5.94. The molecule has 1 aliphatic rings. The molecule has 0 saturated carbocycles. The Morgan fingerprint density at radius 1 is 1.00 bits per heavy atom. The second-order valence-corrected chi connectivity index (χ2v) is 8.61. The number of hydrogen-bond donors (Lipinski definition) is 1. The lowest BCUT2D eigenvalue weighted by Crippen LogP contribution is -2.51. The van der Waals surface area contributed by atoms with Gasteiger partial charge in [-0.2, -0.15) is 0 Å². The predicted octanol–water partition coefficient (Wildman–Crippen LogP) is 2.26. The lowest BCUT2D eigenvalue weighted by atomic mass is 9.97. The van der Waals surface area contributed by atoms with E-state index in [9.17, 15) is 9.59 Å². The van der Waals surface area contributed by atoms with Crippen LogP contribution in [0.1, 0.15) is 39.3 Å². The number of nitrogens with one attached hydrogen (secondary N) is 1. The predicted molar refractivity (Wildman–Crippen MR) is 120 cm³/mol. The molecule has 1 fully saturated rings. The Hall–Kier alpha value is -2.67. The number of carbonyl (C=O) groups excluding carboxylic acids is 2. The van der Waals surface area contributed by atoms with Crippen LogP contribution in [0, 0.1) is 34.6 Å². The molecule has 1 aromatic carbocycles. The van der Waals surface area contributed by atoms with E-state index in [2.05, 4.69) is 48.3 Å². The summed E-state index contributed by atoms with van der Waals surface area (Å²) in [6.07, 6.45) is 1.16. The minimum atomic E-state index is 0.0397. The number of piperazine rings is 1. The van der Waals surface area contributed by atoms with Gasteiger partial charge < -0.3 is 14.7 Å². The number of carbonyl (C=O) groups is 2. The van der Waals surface area contributed by atoms with Gasteiger partial charge in [-0.05, 0) is 57.7 Å². The van der Waals surface area contributed by atoms with Crippen molar-refractivity contribution in [1.29, 1.82) is 0 Å². The molecule has 3 rings (SSSR count). The van der Waals surface area contributed by atoms with E-state index in [1.165, 1.54) is 22.3 Å². The van der Waals surface area contributed by atoms with Crippen LogP contribution in [0.15, 0.2) is 16.7 Å². The number of nitrogens with zero attached hydrogens (tertiary/aromatic N) is 3. The molecule has 0 atom stereocenters. The van der Waals surface area contributed by atoms with Gasteiger partial charge in [0.05, 0.1) is 18.7 Å². The fourth-order valence-electron chi connectivity index (χ4n) is 4.36. The Bertz CT molecular complexity index is 900. The molecule has 1 aromatic heterocycles. The van der Waals surface area contributed by atoms with Gasteiger partial charge in [-0.1, -0.05) is 22.9 Å². The second-order valence-electron chi connectivity index (χ2n) is 8.61. The smallest absolute Gasteiger partial charge is 0.234 e. The molecule has 7 heteroatoms. The zero-order chi connectivity index (χ0) is 22.5. The fraction of sp³-hybridized carbons (Fsp3) is 0.542. The largest absolute Gasteiger partial charge is 0.361 e. The molecule has 1 aliphatic heterocycles. The highest BCUT2D eigenvalue weighted by molar-refractivity contribution is 5.80. The summed E-state index contributed by atoms with van der Waals surface area (Å²) in [5, 5.41) is 6.96. The van der Waals surface area contributed by atoms with Crippen molar-refractivity contribution < 1.29 is 14.1 Å². The van der Waals surface area contributed by atoms with Crippen LogP contribution in [0.4, 0.5) is 0 Å². The number of amides is 2. The molecule has 2 heterocycles. The van der Waals surface area contributed by atoms with E-state index >= 15 is 0 Å². The molecular formula is C24H34N4O3. The van der Waals surface area contributed by atoms with E-state index in [1.54, 1.807) is 0 Å². The first-order valence-electron chi connectivity index (χ1n) is 11.0. The molecule has 2 amide bonds. The van der Waals surface area contributed by atoms with Gasteiger partial charge in [-0.25, -0.2) is 0 Å². The first-order valence-corrected chi connectivity index (χ1v) is 11.0. The maximum Gasteiger partial charge on any atom is 0.234 e. The van der Waals surface area contributed by atoms with Crippen molar-refractivity contribution in [3.8, 4) is 0 Å². The Morgan fingerprint density at radius 2 is 1.65 bits per heavy atom.